The summed E-state index contributed by atoms with van der Waals surface area (Å²) >= 11 is 0. The quantitative estimate of drug-likeness (QED) is 0.0835. The van der Waals surface area contributed by atoms with Crippen molar-refractivity contribution in [1.29, 1.82) is 5.26 Å². The van der Waals surface area contributed by atoms with Gasteiger partial charge in [-0.3, -0.25) is 24.0 Å². The van der Waals surface area contributed by atoms with Gasteiger partial charge in [0.2, 0.25) is 23.6 Å². The zero-order chi connectivity index (χ0) is 48.6. The lowest BCUT2D eigenvalue weighted by atomic mass is 9.86. The van der Waals surface area contributed by atoms with Crippen molar-refractivity contribution in [2.45, 2.75) is 77.0 Å². The summed E-state index contributed by atoms with van der Waals surface area (Å²) in [4.78, 5) is 81.2. The number of likely N-dealkylation sites (N-methyl/N-ethyl adjacent to an activating group) is 1. The maximum absolute atomic E-state index is 14.8. The highest BCUT2D eigenvalue weighted by atomic mass is 16.5. The third-order valence-corrected chi connectivity index (χ3v) is 11.7. The summed E-state index contributed by atoms with van der Waals surface area (Å²) in [7, 11) is 1.41. The molecule has 3 aromatic carbocycles. The molecule has 6 rings (SSSR count). The molecule has 0 saturated heterocycles. The van der Waals surface area contributed by atoms with Crippen LogP contribution in [0.3, 0.4) is 0 Å². The van der Waals surface area contributed by atoms with Gasteiger partial charge in [0.1, 0.15) is 61.2 Å². The maximum Gasteiger partial charge on any atom is 0.255 e. The minimum atomic E-state index is -1.41. The molecule has 0 spiro atoms. The van der Waals surface area contributed by atoms with Gasteiger partial charge in [0.05, 0.1) is 29.6 Å². The summed E-state index contributed by atoms with van der Waals surface area (Å²) in [5, 5.41) is 19.9. The van der Waals surface area contributed by atoms with Gasteiger partial charge in [-0.15, -0.1) is 0 Å². The van der Waals surface area contributed by atoms with Crippen LogP contribution in [0.15, 0.2) is 54.6 Å². The molecule has 0 radical (unpaired) electrons. The van der Waals surface area contributed by atoms with E-state index < -0.39 is 53.7 Å². The molecule has 4 aromatic rings. The molecular formula is C48H59N11O8. The van der Waals surface area contributed by atoms with Crippen LogP contribution >= 0.6 is 0 Å². The van der Waals surface area contributed by atoms with Crippen molar-refractivity contribution < 1.29 is 38.2 Å². The summed E-state index contributed by atoms with van der Waals surface area (Å²) < 4.78 is 18.1. The summed E-state index contributed by atoms with van der Waals surface area (Å²) in [6, 6.07) is 12.8. The van der Waals surface area contributed by atoms with E-state index in [1.807, 2.05) is 24.3 Å². The van der Waals surface area contributed by atoms with E-state index in [1.54, 1.807) is 50.2 Å². The first-order valence-corrected chi connectivity index (χ1v) is 22.1. The Morgan fingerprint density at radius 3 is 2.22 bits per heavy atom. The van der Waals surface area contributed by atoms with Crippen LogP contribution in [0.25, 0.3) is 22.5 Å². The SMILES string of the molecule is Cc1nc(-c2ccc3c(c2)OCC3(C)C)nc(C)c1C(=O)N[C@@H](CCN)C(=O)N(C)[C@@H]1C(=O)N[C@@H](C)C(=O)N[C@H](C(=O)NCC#N)Cc2ccc(OCCN)c(c2)-c2cc1ccc2OCCN. The first-order valence-electron chi connectivity index (χ1n) is 22.1. The molecule has 10 N–H and O–H groups in total. The number of aromatic nitrogens is 2. The van der Waals surface area contributed by atoms with E-state index in [1.165, 1.54) is 18.9 Å². The van der Waals surface area contributed by atoms with E-state index in [-0.39, 0.29) is 63.2 Å². The fraction of sp³-hybridized carbons (Fsp3) is 0.417. The average Bonchev–Trinajstić information content (AvgIpc) is 3.61. The minimum Gasteiger partial charge on any atom is -0.492 e. The van der Waals surface area contributed by atoms with Gasteiger partial charge in [-0.2, -0.15) is 5.26 Å². The van der Waals surface area contributed by atoms with Crippen molar-refractivity contribution in [2.24, 2.45) is 17.2 Å². The van der Waals surface area contributed by atoms with E-state index in [2.05, 4.69) is 45.1 Å². The molecule has 0 saturated carbocycles. The highest BCUT2D eigenvalue weighted by molar-refractivity contribution is 6.00. The van der Waals surface area contributed by atoms with E-state index in [0.717, 1.165) is 16.9 Å². The Morgan fingerprint density at radius 1 is 0.925 bits per heavy atom. The standard InChI is InChI=1S/C48H59N11O8/c1-26-40(27(2)55-42(54-26)31-8-10-34-39(24-31)67-25-48(34,4)5)45(62)57-35(13-14-49)47(64)59(6)41-30-9-12-38(66-20-17-52)33(23-30)32-21-29(7-11-37(32)65-19-16-51)22-36(44(61)53-18-15-50)58-43(60)28(3)56-46(41)63/h7-12,21,23-24,28,35-36,41H,13-14,16-20,22,25,49,51-52H2,1-6H3,(H,53,61)(H,56,63)(H,57,62)(H,58,60)/t28-,35-,36-,41-/m0/s1. The number of nitrogens with one attached hydrogen (secondary N) is 4. The van der Waals surface area contributed by atoms with Crippen molar-refractivity contribution in [3.8, 4) is 45.8 Å². The molecule has 354 valence electrons. The van der Waals surface area contributed by atoms with Gasteiger partial charge >= 0.3 is 0 Å². The van der Waals surface area contributed by atoms with Crippen LogP contribution in [0.4, 0.5) is 0 Å². The van der Waals surface area contributed by atoms with Crippen LogP contribution in [0.5, 0.6) is 17.2 Å². The third-order valence-electron chi connectivity index (χ3n) is 11.7. The van der Waals surface area contributed by atoms with Crippen LogP contribution in [-0.4, -0.2) is 116 Å². The van der Waals surface area contributed by atoms with Gasteiger partial charge < -0.3 is 57.6 Å². The van der Waals surface area contributed by atoms with Gasteiger partial charge in [-0.05, 0) is 75.2 Å². The van der Waals surface area contributed by atoms with Crippen LogP contribution < -0.4 is 52.7 Å². The predicted molar refractivity (Wildman–Crippen MR) is 249 cm³/mol. The lowest BCUT2D eigenvalue weighted by Crippen LogP contribution is -2.56. The molecule has 5 amide bonds. The van der Waals surface area contributed by atoms with Crippen molar-refractivity contribution in [2.75, 3.05) is 53.0 Å². The number of carbonyl (C=O) groups is 5. The fourth-order valence-corrected chi connectivity index (χ4v) is 8.21. The maximum atomic E-state index is 14.8. The Morgan fingerprint density at radius 2 is 1.58 bits per heavy atom. The van der Waals surface area contributed by atoms with Crippen LogP contribution in [-0.2, 0) is 31.0 Å². The molecule has 4 bridgehead atoms. The molecule has 19 nitrogen and oxygen atoms in total. The summed E-state index contributed by atoms with van der Waals surface area (Å²) in [5.74, 6) is -1.46. The Labute approximate surface area is 389 Å². The van der Waals surface area contributed by atoms with Gasteiger partial charge in [-0.25, -0.2) is 9.97 Å². The lowest BCUT2D eigenvalue weighted by Gasteiger charge is -2.32. The number of aryl methyl sites for hydroxylation is 2. The zero-order valence-electron chi connectivity index (χ0n) is 38.7. The summed E-state index contributed by atoms with van der Waals surface area (Å²) in [6.07, 6.45) is -0.00972. The highest BCUT2D eigenvalue weighted by Crippen LogP contribution is 2.42. The molecule has 0 unspecified atom stereocenters. The number of rotatable bonds is 15. The lowest BCUT2D eigenvalue weighted by molar-refractivity contribution is -0.141. The molecule has 4 atom stereocenters. The number of ether oxygens (including phenoxy) is 3. The highest BCUT2D eigenvalue weighted by Gasteiger charge is 2.37. The van der Waals surface area contributed by atoms with Crippen molar-refractivity contribution in [1.82, 2.24) is 36.1 Å². The molecule has 19 heteroatoms. The zero-order valence-corrected chi connectivity index (χ0v) is 38.7. The van der Waals surface area contributed by atoms with Gasteiger partial charge in [0.15, 0.2) is 5.82 Å². The topological polar surface area (TPSA) is 292 Å². The van der Waals surface area contributed by atoms with Gasteiger partial charge in [-0.1, -0.05) is 38.1 Å². The van der Waals surface area contributed by atoms with Crippen LogP contribution in [0, 0.1) is 25.2 Å². The van der Waals surface area contributed by atoms with E-state index >= 15 is 0 Å². The molecule has 67 heavy (non-hydrogen) atoms. The molecule has 0 aliphatic carbocycles. The monoisotopic (exact) mass is 917 g/mol. The number of amides is 5. The Bertz CT molecular complexity index is 2550. The summed E-state index contributed by atoms with van der Waals surface area (Å²) in [5.41, 5.74) is 22.2. The molecule has 0 fully saturated rings. The molecular weight excluding hydrogens is 859 g/mol. The normalized spacial score (nSPS) is 17.8. The predicted octanol–water partition coefficient (Wildman–Crippen LogP) is 1.60. The second-order valence-corrected chi connectivity index (χ2v) is 17.2. The number of hydrogen-bond donors (Lipinski definition) is 7. The molecule has 1 aromatic heterocycles. The largest absolute Gasteiger partial charge is 0.492 e. The average molecular weight is 918 g/mol. The molecule has 2 aliphatic heterocycles. The van der Waals surface area contributed by atoms with E-state index in [9.17, 15) is 29.2 Å². The molecule has 2 aliphatic rings. The molecule has 3 heterocycles. The first kappa shape index (κ1) is 49.3. The number of nitriles is 1. The van der Waals surface area contributed by atoms with Crippen molar-refractivity contribution >= 4 is 29.5 Å². The Kier molecular flexibility index (Phi) is 15.8. The third kappa shape index (κ3) is 11.1. The summed E-state index contributed by atoms with van der Waals surface area (Å²) in [6.45, 7) is 9.92. The van der Waals surface area contributed by atoms with Gasteiger partial charge in [0.25, 0.3) is 5.91 Å². The van der Waals surface area contributed by atoms with Crippen LogP contribution in [0.1, 0.15) is 71.7 Å². The number of nitrogens with two attached hydrogens (primary N) is 3. The number of carbonyl (C=O) groups excluding carboxylic acids is 5. The fourth-order valence-electron chi connectivity index (χ4n) is 8.21. The van der Waals surface area contributed by atoms with Crippen LogP contribution in [0.2, 0.25) is 0 Å². The second kappa shape index (κ2) is 21.4. The number of benzene rings is 3. The Hall–Kier alpha value is -7.14. The number of hydrogen-bond acceptors (Lipinski definition) is 14. The smallest absolute Gasteiger partial charge is 0.255 e. The first-order chi connectivity index (χ1) is 32.0. The minimum absolute atomic E-state index is 0.00136. The van der Waals surface area contributed by atoms with Crippen molar-refractivity contribution in [3.63, 3.8) is 0 Å². The van der Waals surface area contributed by atoms with E-state index in [4.69, 9.17) is 31.4 Å². The van der Waals surface area contributed by atoms with Crippen molar-refractivity contribution in [3.05, 3.63) is 88.2 Å². The number of fused-ring (bicyclic) bond motifs is 6. The Balaban J connectivity index is 1.38. The number of nitrogens with zero attached hydrogens (tertiary/aromatic N) is 4. The van der Waals surface area contributed by atoms with Gasteiger partial charge in [0, 0.05) is 54.2 Å². The second-order valence-electron chi connectivity index (χ2n) is 17.2. The van der Waals surface area contributed by atoms with E-state index in [0.29, 0.717) is 57.6 Å².